The molecule has 0 atom stereocenters. The lowest BCUT2D eigenvalue weighted by Gasteiger charge is -2.09. The smallest absolute Gasteiger partial charge is 0.251 e. The molecule has 0 unspecified atom stereocenters. The predicted octanol–water partition coefficient (Wildman–Crippen LogP) is 4.16. The second-order valence-electron chi connectivity index (χ2n) is 5.99. The normalized spacial score (nSPS) is 10.1. The topological polar surface area (TPSA) is 67.4 Å². The minimum absolute atomic E-state index is 0.102. The molecule has 0 saturated carbocycles. The first-order valence-corrected chi connectivity index (χ1v) is 8.58. The Morgan fingerprint density at radius 1 is 0.815 bits per heavy atom. The van der Waals surface area contributed by atoms with E-state index in [-0.39, 0.29) is 18.4 Å². The van der Waals surface area contributed by atoms with Crippen LogP contribution in [0.25, 0.3) is 0 Å². The molecule has 5 nitrogen and oxygen atoms in total. The molecule has 0 heterocycles. The summed E-state index contributed by atoms with van der Waals surface area (Å²) in [6, 6.07) is 23.7. The highest BCUT2D eigenvalue weighted by molar-refractivity contribution is 6.00. The maximum Gasteiger partial charge on any atom is 0.251 e. The lowest BCUT2D eigenvalue weighted by atomic mass is 10.1. The summed E-state index contributed by atoms with van der Waals surface area (Å²) in [6.45, 7) is 1.75. The van der Waals surface area contributed by atoms with Crippen molar-refractivity contribution in [1.82, 2.24) is 5.32 Å². The van der Waals surface area contributed by atoms with Crippen molar-refractivity contribution in [2.45, 2.75) is 6.92 Å². The number of aryl methyl sites for hydroxylation is 1. The molecule has 3 aromatic carbocycles. The van der Waals surface area contributed by atoms with Gasteiger partial charge in [-0.3, -0.25) is 9.59 Å². The molecule has 0 aliphatic carbocycles. The van der Waals surface area contributed by atoms with Crippen LogP contribution in [-0.2, 0) is 4.79 Å². The van der Waals surface area contributed by atoms with E-state index in [1.807, 2.05) is 49.4 Å². The number of ether oxygens (including phenoxy) is 1. The highest BCUT2D eigenvalue weighted by Crippen LogP contribution is 2.22. The van der Waals surface area contributed by atoms with Gasteiger partial charge in [-0.1, -0.05) is 36.4 Å². The van der Waals surface area contributed by atoms with Crippen LogP contribution >= 0.6 is 0 Å². The van der Waals surface area contributed by atoms with E-state index in [0.29, 0.717) is 17.0 Å². The minimum Gasteiger partial charge on any atom is -0.457 e. The number of rotatable bonds is 6. The summed E-state index contributed by atoms with van der Waals surface area (Å²) >= 11 is 0. The van der Waals surface area contributed by atoms with Gasteiger partial charge in [0.25, 0.3) is 5.91 Å². The highest BCUT2D eigenvalue weighted by atomic mass is 16.5. The molecule has 0 radical (unpaired) electrons. The van der Waals surface area contributed by atoms with E-state index >= 15 is 0 Å². The molecule has 2 amide bonds. The first kappa shape index (κ1) is 18.2. The van der Waals surface area contributed by atoms with Crippen molar-refractivity contribution < 1.29 is 14.3 Å². The van der Waals surface area contributed by atoms with Crippen LogP contribution in [0.3, 0.4) is 0 Å². The molecular formula is C22H20N2O3. The molecular weight excluding hydrogens is 340 g/mol. The van der Waals surface area contributed by atoms with Crippen molar-refractivity contribution in [3.63, 3.8) is 0 Å². The molecule has 3 rings (SSSR count). The monoisotopic (exact) mass is 360 g/mol. The fourth-order valence-corrected chi connectivity index (χ4v) is 2.52. The Morgan fingerprint density at radius 2 is 1.44 bits per heavy atom. The molecule has 0 saturated heterocycles. The van der Waals surface area contributed by atoms with Crippen molar-refractivity contribution in [3.8, 4) is 11.5 Å². The Labute approximate surface area is 158 Å². The SMILES string of the molecule is Cc1ccccc1C(=O)NCC(=O)Nc1ccc(Oc2ccccc2)cc1. The van der Waals surface area contributed by atoms with Gasteiger partial charge in [-0.25, -0.2) is 0 Å². The Morgan fingerprint density at radius 3 is 2.15 bits per heavy atom. The fourth-order valence-electron chi connectivity index (χ4n) is 2.52. The number of para-hydroxylation sites is 1. The van der Waals surface area contributed by atoms with E-state index in [2.05, 4.69) is 10.6 Å². The summed E-state index contributed by atoms with van der Waals surface area (Å²) in [7, 11) is 0. The van der Waals surface area contributed by atoms with Crippen LogP contribution < -0.4 is 15.4 Å². The number of amides is 2. The van der Waals surface area contributed by atoms with Gasteiger partial charge in [0.2, 0.25) is 5.91 Å². The van der Waals surface area contributed by atoms with Gasteiger partial charge in [-0.15, -0.1) is 0 Å². The zero-order valence-corrected chi connectivity index (χ0v) is 14.9. The Bertz CT molecular complexity index is 922. The van der Waals surface area contributed by atoms with Gasteiger partial charge in [-0.2, -0.15) is 0 Å². The lowest BCUT2D eigenvalue weighted by molar-refractivity contribution is -0.115. The molecule has 5 heteroatoms. The van der Waals surface area contributed by atoms with Crippen LogP contribution in [0.1, 0.15) is 15.9 Å². The van der Waals surface area contributed by atoms with Crippen LogP contribution in [0.5, 0.6) is 11.5 Å². The van der Waals surface area contributed by atoms with Gasteiger partial charge in [0.05, 0.1) is 6.54 Å². The molecule has 0 spiro atoms. The number of carbonyl (C=O) groups excluding carboxylic acids is 2. The highest BCUT2D eigenvalue weighted by Gasteiger charge is 2.10. The standard InChI is InChI=1S/C22H20N2O3/c1-16-7-5-6-10-20(16)22(26)23-15-21(25)24-17-11-13-19(14-12-17)27-18-8-3-2-4-9-18/h2-14H,15H2,1H3,(H,23,26)(H,24,25). The van der Waals surface area contributed by atoms with Crippen LogP contribution in [0.4, 0.5) is 5.69 Å². The van der Waals surface area contributed by atoms with E-state index < -0.39 is 0 Å². The second-order valence-corrected chi connectivity index (χ2v) is 5.99. The predicted molar refractivity (Wildman–Crippen MR) is 105 cm³/mol. The van der Waals surface area contributed by atoms with Crippen molar-refractivity contribution >= 4 is 17.5 Å². The van der Waals surface area contributed by atoms with Crippen LogP contribution in [-0.4, -0.2) is 18.4 Å². The van der Waals surface area contributed by atoms with E-state index in [4.69, 9.17) is 4.74 Å². The Hall–Kier alpha value is -3.60. The van der Waals surface area contributed by atoms with Gasteiger partial charge in [0.1, 0.15) is 11.5 Å². The number of nitrogens with one attached hydrogen (secondary N) is 2. The summed E-state index contributed by atoms with van der Waals surface area (Å²) in [6.07, 6.45) is 0. The maximum atomic E-state index is 12.1. The third kappa shape index (κ3) is 5.19. The van der Waals surface area contributed by atoms with Crippen LogP contribution in [0, 0.1) is 6.92 Å². The van der Waals surface area contributed by atoms with Crippen LogP contribution in [0.15, 0.2) is 78.9 Å². The molecule has 0 aromatic heterocycles. The average Bonchev–Trinajstić information content (AvgIpc) is 2.69. The van der Waals surface area contributed by atoms with Gasteiger partial charge < -0.3 is 15.4 Å². The van der Waals surface area contributed by atoms with Crippen molar-refractivity contribution in [1.29, 1.82) is 0 Å². The average molecular weight is 360 g/mol. The molecule has 0 bridgehead atoms. The zero-order valence-electron chi connectivity index (χ0n) is 14.9. The van der Waals surface area contributed by atoms with E-state index in [0.717, 1.165) is 11.3 Å². The van der Waals surface area contributed by atoms with Crippen LogP contribution in [0.2, 0.25) is 0 Å². The van der Waals surface area contributed by atoms with E-state index in [9.17, 15) is 9.59 Å². The second kappa shape index (κ2) is 8.67. The van der Waals surface area contributed by atoms with E-state index in [1.165, 1.54) is 0 Å². The third-order valence-corrected chi connectivity index (χ3v) is 3.92. The number of hydrogen-bond acceptors (Lipinski definition) is 3. The molecule has 3 aromatic rings. The summed E-state index contributed by atoms with van der Waals surface area (Å²) in [5.74, 6) is 0.851. The van der Waals surface area contributed by atoms with Crippen molar-refractivity contribution in [2.24, 2.45) is 0 Å². The summed E-state index contributed by atoms with van der Waals surface area (Å²) in [5, 5.41) is 5.37. The number of anilines is 1. The third-order valence-electron chi connectivity index (χ3n) is 3.92. The summed E-state index contributed by atoms with van der Waals surface area (Å²) in [4.78, 5) is 24.2. The first-order chi connectivity index (χ1) is 13.1. The summed E-state index contributed by atoms with van der Waals surface area (Å²) < 4.78 is 5.71. The zero-order chi connectivity index (χ0) is 19.1. The molecule has 27 heavy (non-hydrogen) atoms. The van der Waals surface area contributed by atoms with Gasteiger partial charge in [0, 0.05) is 11.3 Å². The minimum atomic E-state index is -0.298. The van der Waals surface area contributed by atoms with Crippen molar-refractivity contribution in [3.05, 3.63) is 90.0 Å². The molecule has 0 fully saturated rings. The molecule has 0 aliphatic rings. The quantitative estimate of drug-likeness (QED) is 0.694. The Kier molecular flexibility index (Phi) is 5.84. The number of benzene rings is 3. The fraction of sp³-hybridized carbons (Fsp3) is 0.0909. The Balaban J connectivity index is 1.50. The summed E-state index contributed by atoms with van der Waals surface area (Å²) in [5.41, 5.74) is 2.06. The first-order valence-electron chi connectivity index (χ1n) is 8.58. The lowest BCUT2D eigenvalue weighted by Crippen LogP contribution is -2.33. The largest absolute Gasteiger partial charge is 0.457 e. The van der Waals surface area contributed by atoms with Gasteiger partial charge in [-0.05, 0) is 55.0 Å². The van der Waals surface area contributed by atoms with Gasteiger partial charge >= 0.3 is 0 Å². The number of hydrogen-bond donors (Lipinski definition) is 2. The molecule has 0 aliphatic heterocycles. The molecule has 136 valence electrons. The molecule has 2 N–H and O–H groups in total. The maximum absolute atomic E-state index is 12.1. The van der Waals surface area contributed by atoms with E-state index in [1.54, 1.807) is 36.4 Å². The van der Waals surface area contributed by atoms with Gasteiger partial charge in [0.15, 0.2) is 0 Å². The van der Waals surface area contributed by atoms with Crippen molar-refractivity contribution in [2.75, 3.05) is 11.9 Å². The number of carbonyl (C=O) groups is 2.